The SMILES string of the molecule is Nc1ccc2sc(-c3ccccc3-c3nc4ccccc4s3)nc2c1N. The standard InChI is InChI=1S/C20H14N4S2/c21-13-9-10-16-18(17(13)22)24-20(26-16)12-6-2-1-5-11(12)19-23-14-7-3-4-8-15(14)25-19/h1-10H,21-22H2. The van der Waals surface area contributed by atoms with Gasteiger partial charge in [-0.25, -0.2) is 9.97 Å². The van der Waals surface area contributed by atoms with E-state index in [0.29, 0.717) is 11.4 Å². The minimum Gasteiger partial charge on any atom is -0.397 e. The summed E-state index contributed by atoms with van der Waals surface area (Å²) in [5, 5.41) is 1.92. The molecule has 26 heavy (non-hydrogen) atoms. The number of nitrogen functional groups attached to an aromatic ring is 2. The molecule has 0 bridgehead atoms. The van der Waals surface area contributed by atoms with Gasteiger partial charge in [-0.2, -0.15) is 0 Å². The monoisotopic (exact) mass is 374 g/mol. The molecule has 3 aromatic carbocycles. The van der Waals surface area contributed by atoms with Gasteiger partial charge in [-0.3, -0.25) is 0 Å². The molecule has 2 heterocycles. The first-order chi connectivity index (χ1) is 12.7. The lowest BCUT2D eigenvalue weighted by molar-refractivity contribution is 1.44. The van der Waals surface area contributed by atoms with E-state index in [-0.39, 0.29) is 0 Å². The zero-order chi connectivity index (χ0) is 17.7. The number of aromatic nitrogens is 2. The lowest BCUT2D eigenvalue weighted by Gasteiger charge is -2.03. The van der Waals surface area contributed by atoms with Crippen LogP contribution in [0.15, 0.2) is 60.7 Å². The van der Waals surface area contributed by atoms with Crippen molar-refractivity contribution in [1.29, 1.82) is 0 Å². The third-order valence-electron chi connectivity index (χ3n) is 4.32. The quantitative estimate of drug-likeness (QED) is 0.405. The molecule has 0 amide bonds. The molecule has 0 fully saturated rings. The van der Waals surface area contributed by atoms with E-state index < -0.39 is 0 Å². The Bertz CT molecular complexity index is 1240. The Morgan fingerprint density at radius 2 is 1.31 bits per heavy atom. The van der Waals surface area contributed by atoms with E-state index in [1.165, 1.54) is 4.70 Å². The van der Waals surface area contributed by atoms with Crippen molar-refractivity contribution in [2.45, 2.75) is 0 Å². The molecule has 0 unspecified atom stereocenters. The number of hydrogen-bond donors (Lipinski definition) is 2. The third-order valence-corrected chi connectivity index (χ3v) is 6.44. The van der Waals surface area contributed by atoms with Crippen LogP contribution in [0.3, 0.4) is 0 Å². The van der Waals surface area contributed by atoms with Crippen molar-refractivity contribution in [3.05, 3.63) is 60.7 Å². The number of hydrogen-bond acceptors (Lipinski definition) is 6. The van der Waals surface area contributed by atoms with E-state index in [1.807, 2.05) is 42.5 Å². The van der Waals surface area contributed by atoms with Gasteiger partial charge in [0.05, 0.1) is 26.3 Å². The summed E-state index contributed by atoms with van der Waals surface area (Å²) >= 11 is 3.31. The molecule has 4 N–H and O–H groups in total. The maximum atomic E-state index is 6.12. The molecular weight excluding hydrogens is 360 g/mol. The van der Waals surface area contributed by atoms with E-state index in [9.17, 15) is 0 Å². The van der Waals surface area contributed by atoms with Crippen LogP contribution >= 0.6 is 22.7 Å². The van der Waals surface area contributed by atoms with Crippen LogP contribution in [-0.4, -0.2) is 9.97 Å². The first-order valence-electron chi connectivity index (χ1n) is 8.10. The predicted octanol–water partition coefficient (Wildman–Crippen LogP) is 5.40. The van der Waals surface area contributed by atoms with Crippen molar-refractivity contribution in [2.75, 3.05) is 11.5 Å². The smallest absolute Gasteiger partial charge is 0.125 e. The summed E-state index contributed by atoms with van der Waals surface area (Å²) in [6.45, 7) is 0. The molecule has 6 heteroatoms. The second kappa shape index (κ2) is 5.79. The number of benzene rings is 3. The van der Waals surface area contributed by atoms with Gasteiger partial charge < -0.3 is 11.5 Å². The zero-order valence-corrected chi connectivity index (χ0v) is 15.3. The molecule has 0 radical (unpaired) electrons. The minimum absolute atomic E-state index is 0.544. The molecule has 2 aromatic heterocycles. The molecule has 0 atom stereocenters. The Morgan fingerprint density at radius 1 is 0.654 bits per heavy atom. The Hall–Kier alpha value is -2.96. The number of fused-ring (bicyclic) bond motifs is 2. The highest BCUT2D eigenvalue weighted by molar-refractivity contribution is 7.22. The zero-order valence-electron chi connectivity index (χ0n) is 13.6. The minimum atomic E-state index is 0.544. The molecule has 5 rings (SSSR count). The van der Waals surface area contributed by atoms with Crippen LogP contribution in [0.2, 0.25) is 0 Å². The van der Waals surface area contributed by atoms with E-state index >= 15 is 0 Å². The summed E-state index contributed by atoms with van der Waals surface area (Å²) in [5.74, 6) is 0. The fraction of sp³-hybridized carbons (Fsp3) is 0. The van der Waals surface area contributed by atoms with Crippen molar-refractivity contribution in [3.8, 4) is 21.1 Å². The summed E-state index contributed by atoms with van der Waals surface area (Å²) in [4.78, 5) is 9.58. The lowest BCUT2D eigenvalue weighted by Crippen LogP contribution is -1.94. The van der Waals surface area contributed by atoms with Crippen LogP contribution in [0.25, 0.3) is 41.6 Å². The summed E-state index contributed by atoms with van der Waals surface area (Å²) in [7, 11) is 0. The molecular formula is C20H14N4S2. The average molecular weight is 374 g/mol. The number of thiazole rings is 2. The lowest BCUT2D eigenvalue weighted by atomic mass is 10.1. The fourth-order valence-electron chi connectivity index (χ4n) is 2.99. The summed E-state index contributed by atoms with van der Waals surface area (Å²) < 4.78 is 2.21. The second-order valence-electron chi connectivity index (χ2n) is 5.97. The maximum Gasteiger partial charge on any atom is 0.125 e. The Labute approximate surface area is 157 Å². The summed E-state index contributed by atoms with van der Waals surface area (Å²) in [6, 6.07) is 20.2. The maximum absolute atomic E-state index is 6.12. The van der Waals surface area contributed by atoms with Crippen molar-refractivity contribution < 1.29 is 0 Å². The molecule has 0 spiro atoms. The van der Waals surface area contributed by atoms with Gasteiger partial charge in [0.1, 0.15) is 15.5 Å². The topological polar surface area (TPSA) is 77.8 Å². The number of nitrogens with zero attached hydrogens (tertiary/aromatic N) is 2. The third kappa shape index (κ3) is 2.34. The molecule has 0 saturated heterocycles. The van der Waals surface area contributed by atoms with Gasteiger partial charge in [0, 0.05) is 11.1 Å². The van der Waals surface area contributed by atoms with E-state index in [4.69, 9.17) is 21.4 Å². The van der Waals surface area contributed by atoms with Gasteiger partial charge in [0.15, 0.2) is 0 Å². The van der Waals surface area contributed by atoms with Crippen LogP contribution in [0, 0.1) is 0 Å². The number of rotatable bonds is 2. The number of anilines is 2. The molecule has 0 aliphatic carbocycles. The molecule has 0 saturated carbocycles. The number of para-hydroxylation sites is 1. The number of nitrogens with two attached hydrogens (primary N) is 2. The van der Waals surface area contributed by atoms with Crippen molar-refractivity contribution >= 4 is 54.5 Å². The molecule has 126 valence electrons. The molecule has 5 aromatic rings. The Kier molecular flexibility index (Phi) is 3.41. The molecule has 0 aliphatic heterocycles. The van der Waals surface area contributed by atoms with E-state index in [0.717, 1.165) is 36.9 Å². The first-order valence-corrected chi connectivity index (χ1v) is 9.74. The summed E-state index contributed by atoms with van der Waals surface area (Å²) in [6.07, 6.45) is 0. The van der Waals surface area contributed by atoms with Crippen LogP contribution in [0.1, 0.15) is 0 Å². The van der Waals surface area contributed by atoms with Crippen molar-refractivity contribution in [3.63, 3.8) is 0 Å². The average Bonchev–Trinajstić information content (AvgIpc) is 3.29. The second-order valence-corrected chi connectivity index (χ2v) is 8.03. The summed E-state index contributed by atoms with van der Waals surface area (Å²) in [5.41, 5.74) is 17.1. The van der Waals surface area contributed by atoms with Gasteiger partial charge in [-0.15, -0.1) is 22.7 Å². The Morgan fingerprint density at radius 3 is 2.08 bits per heavy atom. The van der Waals surface area contributed by atoms with Crippen molar-refractivity contribution in [2.24, 2.45) is 0 Å². The predicted molar refractivity (Wildman–Crippen MR) is 112 cm³/mol. The largest absolute Gasteiger partial charge is 0.397 e. The highest BCUT2D eigenvalue weighted by Crippen LogP contribution is 2.40. The van der Waals surface area contributed by atoms with Gasteiger partial charge in [-0.1, -0.05) is 36.4 Å². The van der Waals surface area contributed by atoms with Gasteiger partial charge in [-0.05, 0) is 24.3 Å². The molecule has 0 aliphatic rings. The van der Waals surface area contributed by atoms with Gasteiger partial charge >= 0.3 is 0 Å². The highest BCUT2D eigenvalue weighted by Gasteiger charge is 2.16. The van der Waals surface area contributed by atoms with Crippen LogP contribution in [-0.2, 0) is 0 Å². The Balaban J connectivity index is 1.72. The van der Waals surface area contributed by atoms with Gasteiger partial charge in [0.25, 0.3) is 0 Å². The van der Waals surface area contributed by atoms with E-state index in [2.05, 4.69) is 18.2 Å². The van der Waals surface area contributed by atoms with Crippen LogP contribution < -0.4 is 11.5 Å². The van der Waals surface area contributed by atoms with Crippen LogP contribution in [0.4, 0.5) is 11.4 Å². The fourth-order valence-corrected chi connectivity index (χ4v) is 5.02. The van der Waals surface area contributed by atoms with Crippen molar-refractivity contribution in [1.82, 2.24) is 9.97 Å². The van der Waals surface area contributed by atoms with E-state index in [1.54, 1.807) is 22.7 Å². The normalized spacial score (nSPS) is 11.4. The van der Waals surface area contributed by atoms with Crippen LogP contribution in [0.5, 0.6) is 0 Å². The van der Waals surface area contributed by atoms with Gasteiger partial charge in [0.2, 0.25) is 0 Å². The first kappa shape index (κ1) is 15.3. The highest BCUT2D eigenvalue weighted by atomic mass is 32.1. The molecule has 4 nitrogen and oxygen atoms in total.